The highest BCUT2D eigenvalue weighted by Crippen LogP contribution is 2.11. The molecule has 8 heteroatoms. The third-order valence-electron chi connectivity index (χ3n) is 3.79. The van der Waals surface area contributed by atoms with Gasteiger partial charge in [-0.1, -0.05) is 13.8 Å². The van der Waals surface area contributed by atoms with Crippen LogP contribution in [0.25, 0.3) is 0 Å². The quantitative estimate of drug-likeness (QED) is 0.318. The Kier molecular flexibility index (Phi) is 15.1. The smallest absolute Gasteiger partial charge is 0.251 e. The molecule has 0 atom stereocenters. The number of carbonyl (C=O) groups is 2. The molecular weight excluding hydrogens is 350 g/mol. The lowest BCUT2D eigenvalue weighted by Crippen LogP contribution is -2.45. The van der Waals surface area contributed by atoms with Crippen molar-refractivity contribution >= 4 is 11.8 Å². The normalized spacial score (nSPS) is 11.6. The molecule has 2 amide bonds. The Morgan fingerprint density at radius 1 is 0.963 bits per heavy atom. The molecule has 0 saturated carbocycles. The standard InChI is InChI=1S/C19H39N3O5/c1-16(2)7-11-27-19(3,4)18(24)22-10-13-26-15-14-25-12-9-21-17(23)6-5-8-20/h16H,5-15,20H2,1-4H3,(H,21,23)(H,22,24). The van der Waals surface area contributed by atoms with Crippen LogP contribution in [-0.2, 0) is 23.8 Å². The molecule has 0 fully saturated rings. The predicted octanol–water partition coefficient (Wildman–Crippen LogP) is 0.832. The van der Waals surface area contributed by atoms with Crippen LogP contribution in [0.15, 0.2) is 0 Å². The fourth-order valence-corrected chi connectivity index (χ4v) is 2.00. The highest BCUT2D eigenvalue weighted by atomic mass is 16.5. The van der Waals surface area contributed by atoms with Crippen LogP contribution in [-0.4, -0.2) is 70.1 Å². The summed E-state index contributed by atoms with van der Waals surface area (Å²) in [7, 11) is 0. The van der Waals surface area contributed by atoms with Crippen molar-refractivity contribution in [1.82, 2.24) is 10.6 Å². The van der Waals surface area contributed by atoms with Gasteiger partial charge in [-0.25, -0.2) is 0 Å². The first kappa shape index (κ1) is 25.8. The van der Waals surface area contributed by atoms with Crippen molar-refractivity contribution in [1.29, 1.82) is 0 Å². The number of hydrogen-bond donors (Lipinski definition) is 3. The van der Waals surface area contributed by atoms with E-state index < -0.39 is 5.60 Å². The van der Waals surface area contributed by atoms with Crippen LogP contribution in [0, 0.1) is 5.92 Å². The molecule has 0 saturated heterocycles. The van der Waals surface area contributed by atoms with E-state index in [0.717, 1.165) is 6.42 Å². The predicted molar refractivity (Wildman–Crippen MR) is 105 cm³/mol. The summed E-state index contributed by atoms with van der Waals surface area (Å²) in [6.45, 7) is 11.5. The Morgan fingerprint density at radius 3 is 2.11 bits per heavy atom. The van der Waals surface area contributed by atoms with Gasteiger partial charge >= 0.3 is 0 Å². The lowest BCUT2D eigenvalue weighted by molar-refractivity contribution is -0.143. The Labute approximate surface area is 163 Å². The van der Waals surface area contributed by atoms with Gasteiger partial charge in [-0.2, -0.15) is 0 Å². The first-order valence-corrected chi connectivity index (χ1v) is 9.84. The van der Waals surface area contributed by atoms with Gasteiger partial charge in [0.1, 0.15) is 5.60 Å². The van der Waals surface area contributed by atoms with Gasteiger partial charge in [0.05, 0.1) is 26.4 Å². The minimum atomic E-state index is -0.841. The molecule has 0 aromatic rings. The number of ether oxygens (including phenoxy) is 3. The van der Waals surface area contributed by atoms with E-state index >= 15 is 0 Å². The number of nitrogens with one attached hydrogen (secondary N) is 2. The third-order valence-corrected chi connectivity index (χ3v) is 3.79. The van der Waals surface area contributed by atoms with Gasteiger partial charge in [-0.15, -0.1) is 0 Å². The summed E-state index contributed by atoms with van der Waals surface area (Å²) in [5.41, 5.74) is 4.50. The van der Waals surface area contributed by atoms with E-state index in [1.54, 1.807) is 13.8 Å². The minimum absolute atomic E-state index is 0.00727. The Hall–Kier alpha value is -1.22. The minimum Gasteiger partial charge on any atom is -0.377 e. The van der Waals surface area contributed by atoms with Crippen molar-refractivity contribution in [3.8, 4) is 0 Å². The number of hydrogen-bond acceptors (Lipinski definition) is 6. The van der Waals surface area contributed by atoms with Gasteiger partial charge in [-0.05, 0) is 39.2 Å². The Bertz CT molecular complexity index is 403. The topological polar surface area (TPSA) is 112 Å². The van der Waals surface area contributed by atoms with Crippen molar-refractivity contribution in [2.75, 3.05) is 52.7 Å². The molecule has 4 N–H and O–H groups in total. The van der Waals surface area contributed by atoms with Crippen LogP contribution < -0.4 is 16.4 Å². The van der Waals surface area contributed by atoms with Crippen LogP contribution >= 0.6 is 0 Å². The molecule has 160 valence electrons. The van der Waals surface area contributed by atoms with E-state index in [-0.39, 0.29) is 11.8 Å². The molecule has 0 aliphatic carbocycles. The van der Waals surface area contributed by atoms with E-state index in [9.17, 15) is 9.59 Å². The van der Waals surface area contributed by atoms with Crippen LogP contribution in [0.2, 0.25) is 0 Å². The highest BCUT2D eigenvalue weighted by molar-refractivity contribution is 5.84. The SMILES string of the molecule is CC(C)CCOC(C)(C)C(=O)NCCOCCOCCNC(=O)CCCN. The number of nitrogens with two attached hydrogens (primary N) is 1. The average Bonchev–Trinajstić information content (AvgIpc) is 2.60. The highest BCUT2D eigenvalue weighted by Gasteiger charge is 2.27. The second kappa shape index (κ2) is 15.8. The van der Waals surface area contributed by atoms with E-state index in [1.807, 2.05) is 0 Å². The van der Waals surface area contributed by atoms with Crippen LogP contribution in [0.4, 0.5) is 0 Å². The maximum atomic E-state index is 12.1. The molecule has 0 heterocycles. The zero-order chi connectivity index (χ0) is 20.5. The van der Waals surface area contributed by atoms with Crippen molar-refractivity contribution in [2.45, 2.75) is 52.6 Å². The Balaban J connectivity index is 3.52. The van der Waals surface area contributed by atoms with Gasteiger partial charge in [0.15, 0.2) is 0 Å². The molecule has 27 heavy (non-hydrogen) atoms. The molecule has 0 radical (unpaired) electrons. The third kappa shape index (κ3) is 15.5. The summed E-state index contributed by atoms with van der Waals surface area (Å²) in [6, 6.07) is 0. The summed E-state index contributed by atoms with van der Waals surface area (Å²) >= 11 is 0. The van der Waals surface area contributed by atoms with E-state index in [4.69, 9.17) is 19.9 Å². The van der Waals surface area contributed by atoms with Gasteiger partial charge in [-0.3, -0.25) is 9.59 Å². The maximum absolute atomic E-state index is 12.1. The second-order valence-electron chi connectivity index (χ2n) is 7.26. The largest absolute Gasteiger partial charge is 0.377 e. The first-order valence-electron chi connectivity index (χ1n) is 9.84. The summed E-state index contributed by atoms with van der Waals surface area (Å²) in [6.07, 6.45) is 2.07. The van der Waals surface area contributed by atoms with Gasteiger partial charge < -0.3 is 30.6 Å². The van der Waals surface area contributed by atoms with Crippen molar-refractivity contribution < 1.29 is 23.8 Å². The molecule has 0 aromatic carbocycles. The van der Waals surface area contributed by atoms with Crippen LogP contribution in [0.5, 0.6) is 0 Å². The summed E-state index contributed by atoms with van der Waals surface area (Å²) in [5, 5.41) is 5.57. The summed E-state index contributed by atoms with van der Waals surface area (Å²) in [5.74, 6) is 0.399. The van der Waals surface area contributed by atoms with E-state index in [1.165, 1.54) is 0 Å². The molecule has 0 unspecified atom stereocenters. The fraction of sp³-hybridized carbons (Fsp3) is 0.895. The van der Waals surface area contributed by atoms with Crippen molar-refractivity contribution in [3.05, 3.63) is 0 Å². The molecular formula is C19H39N3O5. The van der Waals surface area contributed by atoms with Gasteiger partial charge in [0, 0.05) is 26.1 Å². The van der Waals surface area contributed by atoms with Crippen molar-refractivity contribution in [3.63, 3.8) is 0 Å². The van der Waals surface area contributed by atoms with E-state index in [0.29, 0.717) is 71.4 Å². The number of rotatable bonds is 17. The van der Waals surface area contributed by atoms with Gasteiger partial charge in [0.2, 0.25) is 5.91 Å². The molecule has 0 aliphatic rings. The van der Waals surface area contributed by atoms with Gasteiger partial charge in [0.25, 0.3) is 5.91 Å². The van der Waals surface area contributed by atoms with Crippen LogP contribution in [0.3, 0.4) is 0 Å². The monoisotopic (exact) mass is 389 g/mol. The number of carbonyl (C=O) groups excluding carboxylic acids is 2. The molecule has 0 rings (SSSR count). The zero-order valence-corrected chi connectivity index (χ0v) is 17.5. The number of amides is 2. The lowest BCUT2D eigenvalue weighted by Gasteiger charge is -2.24. The molecule has 8 nitrogen and oxygen atoms in total. The summed E-state index contributed by atoms with van der Waals surface area (Å²) < 4.78 is 16.4. The summed E-state index contributed by atoms with van der Waals surface area (Å²) in [4.78, 5) is 23.4. The van der Waals surface area contributed by atoms with Crippen LogP contribution in [0.1, 0.15) is 47.0 Å². The van der Waals surface area contributed by atoms with Crippen molar-refractivity contribution in [2.24, 2.45) is 11.7 Å². The molecule has 0 aromatic heterocycles. The molecule has 0 aliphatic heterocycles. The Morgan fingerprint density at radius 2 is 1.56 bits per heavy atom. The lowest BCUT2D eigenvalue weighted by atomic mass is 10.1. The average molecular weight is 390 g/mol. The zero-order valence-electron chi connectivity index (χ0n) is 17.5. The first-order chi connectivity index (χ1) is 12.8. The molecule has 0 bridgehead atoms. The molecule has 0 spiro atoms. The van der Waals surface area contributed by atoms with E-state index in [2.05, 4.69) is 24.5 Å². The second-order valence-corrected chi connectivity index (χ2v) is 7.26. The fourth-order valence-electron chi connectivity index (χ4n) is 2.00. The maximum Gasteiger partial charge on any atom is 0.251 e.